The van der Waals surface area contributed by atoms with Crippen molar-refractivity contribution < 1.29 is 33.8 Å². The van der Waals surface area contributed by atoms with E-state index in [2.05, 4.69) is 10.6 Å². The van der Waals surface area contributed by atoms with Crippen LogP contribution in [0.1, 0.15) is 71.6 Å². The van der Waals surface area contributed by atoms with E-state index in [1.165, 1.54) is 18.7 Å². The minimum Gasteiger partial charge on any atom is -0.481 e. The molecule has 0 aliphatic carbocycles. The molecule has 198 valence electrons. The van der Waals surface area contributed by atoms with Crippen molar-refractivity contribution in [3.63, 3.8) is 0 Å². The average Bonchev–Trinajstić information content (AvgIpc) is 2.78. The number of nitrogens with one attached hydrogen (secondary N) is 2. The van der Waals surface area contributed by atoms with Gasteiger partial charge in [0.2, 0.25) is 11.8 Å². The second-order valence-electron chi connectivity index (χ2n) is 8.40. The number of rotatable bonds is 24. The Hall–Kier alpha value is -1.65. The van der Waals surface area contributed by atoms with E-state index in [1.54, 1.807) is 0 Å². The molecule has 2 amide bonds. The van der Waals surface area contributed by atoms with Gasteiger partial charge in [-0.25, -0.2) is 0 Å². The smallest absolute Gasteiger partial charge is 0.303 e. The van der Waals surface area contributed by atoms with Crippen molar-refractivity contribution in [1.29, 1.82) is 0 Å². The summed E-state index contributed by atoms with van der Waals surface area (Å²) < 4.78 is 10.7. The first-order chi connectivity index (χ1) is 16.3. The van der Waals surface area contributed by atoms with Crippen molar-refractivity contribution in [2.24, 2.45) is 5.92 Å². The molecule has 0 aromatic carbocycles. The number of carboxylic acid groups (broad SMARTS) is 1. The largest absolute Gasteiger partial charge is 0.481 e. The Morgan fingerprint density at radius 2 is 1.44 bits per heavy atom. The molecule has 0 saturated heterocycles. The SMILES string of the molecule is CC(=O)CSC[C@H](C)C(=O)NCCOCCOCC(=O)NCCCCCCCCCCC(=O)O. The average molecular weight is 505 g/mol. The third-order valence-electron chi connectivity index (χ3n) is 4.91. The van der Waals surface area contributed by atoms with Crippen molar-refractivity contribution >= 4 is 35.3 Å². The number of carbonyl (C=O) groups excluding carboxylic acids is 3. The highest BCUT2D eigenvalue weighted by molar-refractivity contribution is 7.99. The maximum atomic E-state index is 11.9. The molecule has 0 unspecified atom stereocenters. The number of amides is 2. The first-order valence-electron chi connectivity index (χ1n) is 12.3. The molecule has 0 aromatic rings. The van der Waals surface area contributed by atoms with Crippen LogP contribution in [-0.2, 0) is 28.7 Å². The zero-order valence-electron chi connectivity index (χ0n) is 20.9. The Labute approximate surface area is 208 Å². The monoisotopic (exact) mass is 504 g/mol. The summed E-state index contributed by atoms with van der Waals surface area (Å²) >= 11 is 1.46. The van der Waals surface area contributed by atoms with Gasteiger partial charge >= 0.3 is 5.97 Å². The summed E-state index contributed by atoms with van der Waals surface area (Å²) in [4.78, 5) is 45.0. The lowest BCUT2D eigenvalue weighted by Gasteiger charge is -2.12. The molecule has 0 saturated carbocycles. The Balaban J connectivity index is 3.37. The fourth-order valence-corrected chi connectivity index (χ4v) is 3.91. The van der Waals surface area contributed by atoms with Crippen LogP contribution in [0.15, 0.2) is 0 Å². The number of hydrogen-bond donors (Lipinski definition) is 3. The van der Waals surface area contributed by atoms with Crippen LogP contribution in [0, 0.1) is 5.92 Å². The van der Waals surface area contributed by atoms with Crippen LogP contribution >= 0.6 is 11.8 Å². The predicted octanol–water partition coefficient (Wildman–Crippen LogP) is 2.81. The van der Waals surface area contributed by atoms with E-state index >= 15 is 0 Å². The molecule has 34 heavy (non-hydrogen) atoms. The zero-order valence-corrected chi connectivity index (χ0v) is 21.7. The molecule has 0 fully saturated rings. The van der Waals surface area contributed by atoms with Gasteiger partial charge in [-0.3, -0.25) is 19.2 Å². The highest BCUT2D eigenvalue weighted by Gasteiger charge is 2.12. The van der Waals surface area contributed by atoms with Crippen molar-refractivity contribution in [3.05, 3.63) is 0 Å². The van der Waals surface area contributed by atoms with Gasteiger partial charge in [0.25, 0.3) is 0 Å². The van der Waals surface area contributed by atoms with E-state index in [4.69, 9.17) is 14.6 Å². The number of hydrogen-bond acceptors (Lipinski definition) is 7. The van der Waals surface area contributed by atoms with Crippen LogP contribution in [0.5, 0.6) is 0 Å². The lowest BCUT2D eigenvalue weighted by molar-refractivity contribution is -0.137. The Bertz CT molecular complexity index is 576. The number of thioether (sulfide) groups is 1. The molecule has 0 aliphatic heterocycles. The van der Waals surface area contributed by atoms with Gasteiger partial charge in [0, 0.05) is 31.2 Å². The normalized spacial score (nSPS) is 11.7. The number of ketones is 1. The third kappa shape index (κ3) is 23.5. The second kappa shape index (κ2) is 23.1. The molecular weight excluding hydrogens is 460 g/mol. The highest BCUT2D eigenvalue weighted by Crippen LogP contribution is 2.10. The molecule has 10 heteroatoms. The lowest BCUT2D eigenvalue weighted by Crippen LogP contribution is -2.33. The van der Waals surface area contributed by atoms with Crippen LogP contribution in [0.2, 0.25) is 0 Å². The van der Waals surface area contributed by atoms with E-state index < -0.39 is 5.97 Å². The molecular formula is C24H44N2O7S. The van der Waals surface area contributed by atoms with Crippen LogP contribution in [0.3, 0.4) is 0 Å². The topological polar surface area (TPSA) is 131 Å². The van der Waals surface area contributed by atoms with Gasteiger partial charge in [-0.2, -0.15) is 11.8 Å². The van der Waals surface area contributed by atoms with Gasteiger partial charge in [-0.15, -0.1) is 0 Å². The van der Waals surface area contributed by atoms with Crippen LogP contribution in [0.25, 0.3) is 0 Å². The molecule has 0 radical (unpaired) electrons. The number of carbonyl (C=O) groups is 4. The van der Waals surface area contributed by atoms with E-state index in [0.717, 1.165) is 51.4 Å². The van der Waals surface area contributed by atoms with E-state index in [1.807, 2.05) is 6.92 Å². The van der Waals surface area contributed by atoms with E-state index in [-0.39, 0.29) is 36.5 Å². The molecule has 1 atom stereocenters. The van der Waals surface area contributed by atoms with Gasteiger partial charge in [0.05, 0.1) is 25.6 Å². The predicted molar refractivity (Wildman–Crippen MR) is 134 cm³/mol. The van der Waals surface area contributed by atoms with Crippen molar-refractivity contribution in [3.8, 4) is 0 Å². The minimum absolute atomic E-state index is 0.00584. The molecule has 0 rings (SSSR count). The fraction of sp³-hybridized carbons (Fsp3) is 0.833. The Morgan fingerprint density at radius 3 is 2.09 bits per heavy atom. The number of unbranched alkanes of at least 4 members (excludes halogenated alkanes) is 7. The Morgan fingerprint density at radius 1 is 0.824 bits per heavy atom. The quantitative estimate of drug-likeness (QED) is 0.171. The van der Waals surface area contributed by atoms with E-state index in [9.17, 15) is 19.2 Å². The second-order valence-corrected chi connectivity index (χ2v) is 9.43. The molecule has 0 bridgehead atoms. The molecule has 3 N–H and O–H groups in total. The van der Waals surface area contributed by atoms with Gasteiger partial charge in [0.1, 0.15) is 12.4 Å². The number of aliphatic carboxylic acids is 1. The van der Waals surface area contributed by atoms with Crippen molar-refractivity contribution in [2.45, 2.75) is 71.6 Å². The highest BCUT2D eigenvalue weighted by atomic mass is 32.2. The van der Waals surface area contributed by atoms with Crippen LogP contribution in [-0.4, -0.2) is 79.7 Å². The summed E-state index contributed by atoms with van der Waals surface area (Å²) in [6, 6.07) is 0. The Kier molecular flexibility index (Phi) is 22.0. The van der Waals surface area contributed by atoms with Gasteiger partial charge < -0.3 is 25.2 Å². The van der Waals surface area contributed by atoms with Gasteiger partial charge in [0.15, 0.2) is 0 Å². The van der Waals surface area contributed by atoms with E-state index in [0.29, 0.717) is 44.4 Å². The zero-order chi connectivity index (χ0) is 25.4. The van der Waals surface area contributed by atoms with Crippen molar-refractivity contribution in [1.82, 2.24) is 10.6 Å². The number of carboxylic acids is 1. The van der Waals surface area contributed by atoms with Crippen molar-refractivity contribution in [2.75, 3.05) is 51.0 Å². The summed E-state index contributed by atoms with van der Waals surface area (Å²) in [5, 5.41) is 14.2. The van der Waals surface area contributed by atoms with Gasteiger partial charge in [-0.05, 0) is 19.8 Å². The standard InChI is InChI=1S/C24H44N2O7S/c1-20(18-34-19-21(2)27)24(31)26-13-14-32-15-16-33-17-22(28)25-12-10-8-6-4-3-5-7-9-11-23(29)30/h20H,3-19H2,1-2H3,(H,25,28)(H,26,31)(H,29,30)/t20-/m0/s1. The summed E-state index contributed by atoms with van der Waals surface area (Å²) in [5.74, 6) is 0.0774. The summed E-state index contributed by atoms with van der Waals surface area (Å²) in [7, 11) is 0. The maximum absolute atomic E-state index is 11.9. The fourth-order valence-electron chi connectivity index (χ4n) is 3.00. The number of ether oxygens (including phenoxy) is 2. The third-order valence-corrected chi connectivity index (χ3v) is 6.26. The molecule has 0 aromatic heterocycles. The lowest BCUT2D eigenvalue weighted by atomic mass is 10.1. The molecule has 0 heterocycles. The summed E-state index contributed by atoms with van der Waals surface area (Å²) in [5.41, 5.74) is 0. The summed E-state index contributed by atoms with van der Waals surface area (Å²) in [6.45, 7) is 5.46. The summed E-state index contributed by atoms with van der Waals surface area (Å²) in [6.07, 6.45) is 8.50. The first-order valence-corrected chi connectivity index (χ1v) is 13.5. The molecule has 0 aliphatic rings. The van der Waals surface area contributed by atoms with Gasteiger partial charge in [-0.1, -0.05) is 45.4 Å². The molecule has 0 spiro atoms. The first kappa shape index (κ1) is 32.4. The minimum atomic E-state index is -0.720. The van der Waals surface area contributed by atoms with Crippen LogP contribution < -0.4 is 10.6 Å². The number of Topliss-reactive ketones (excluding diaryl/α,β-unsaturated/α-hetero) is 1. The maximum Gasteiger partial charge on any atom is 0.303 e. The van der Waals surface area contributed by atoms with Crippen LogP contribution in [0.4, 0.5) is 0 Å². The molecule has 9 nitrogen and oxygen atoms in total.